The summed E-state index contributed by atoms with van der Waals surface area (Å²) in [4.78, 5) is 25.4. The summed E-state index contributed by atoms with van der Waals surface area (Å²) in [7, 11) is 5.16. The molecule has 0 spiro atoms. The highest BCUT2D eigenvalue weighted by atomic mass is 33.1. The van der Waals surface area contributed by atoms with Crippen molar-refractivity contribution in [3.63, 3.8) is 0 Å². The fourth-order valence-electron chi connectivity index (χ4n) is 2.06. The van der Waals surface area contributed by atoms with Crippen molar-refractivity contribution >= 4 is 61.0 Å². The molecule has 124 valence electrons. The average Bonchev–Trinajstić information content (AvgIpc) is 2.95. The molecular weight excluding hydrogens is 348 g/mol. The molecule has 2 aromatic rings. The van der Waals surface area contributed by atoms with Crippen LogP contribution in [0.5, 0.6) is 0 Å². The maximum atomic E-state index is 12.4. The van der Waals surface area contributed by atoms with E-state index in [0.29, 0.717) is 11.4 Å². The molecule has 0 radical (unpaired) electrons. The molecule has 4 nitrogen and oxygen atoms in total. The Bertz CT molecular complexity index is 712. The molecule has 0 saturated carbocycles. The van der Waals surface area contributed by atoms with Crippen LogP contribution in [0.3, 0.4) is 0 Å². The van der Waals surface area contributed by atoms with Crippen molar-refractivity contribution in [2.24, 2.45) is 0 Å². The number of hydrogen-bond acceptors (Lipinski definition) is 5. The van der Waals surface area contributed by atoms with Gasteiger partial charge in [0.2, 0.25) is 6.41 Å². The van der Waals surface area contributed by atoms with Crippen molar-refractivity contribution in [2.75, 3.05) is 24.7 Å². The molecule has 0 fully saturated rings. The molecule has 0 atom stereocenters. The van der Waals surface area contributed by atoms with Gasteiger partial charge in [-0.15, -0.1) is 11.3 Å². The second-order valence-corrected chi connectivity index (χ2v) is 9.93. The number of nitrogens with zero attached hydrogens (tertiary/aromatic N) is 1. The van der Waals surface area contributed by atoms with Gasteiger partial charge in [0.1, 0.15) is 0 Å². The topological polar surface area (TPSA) is 49.4 Å². The van der Waals surface area contributed by atoms with Gasteiger partial charge in [-0.05, 0) is 49.8 Å². The van der Waals surface area contributed by atoms with E-state index in [1.807, 2.05) is 30.5 Å². The Morgan fingerprint density at radius 1 is 1.39 bits per heavy atom. The maximum absolute atomic E-state index is 12.4. The van der Waals surface area contributed by atoms with E-state index >= 15 is 0 Å². The van der Waals surface area contributed by atoms with Crippen LogP contribution >= 0.6 is 32.9 Å². The highest BCUT2D eigenvalue weighted by molar-refractivity contribution is 8.76. The number of hydrogen-bond donors (Lipinski definition) is 1. The van der Waals surface area contributed by atoms with Gasteiger partial charge in [0.05, 0.1) is 4.88 Å². The normalized spacial score (nSPS) is 11.5. The van der Waals surface area contributed by atoms with Crippen molar-refractivity contribution in [2.45, 2.75) is 18.6 Å². The predicted octanol–water partition coefficient (Wildman–Crippen LogP) is 4.01. The number of anilines is 1. The number of amides is 2. The van der Waals surface area contributed by atoms with Gasteiger partial charge in [-0.2, -0.15) is 0 Å². The molecule has 0 aliphatic heterocycles. The SMILES string of the molecule is CSSC(C)(C)CNC(=O)c1cc2cc(N(C)C=O)ccc2s1. The number of nitrogens with one attached hydrogen (secondary N) is 1. The molecule has 0 aliphatic rings. The van der Waals surface area contributed by atoms with E-state index < -0.39 is 0 Å². The fourth-order valence-corrected chi connectivity index (χ4v) is 5.13. The Morgan fingerprint density at radius 2 is 2.13 bits per heavy atom. The van der Waals surface area contributed by atoms with Crippen LogP contribution in [0.15, 0.2) is 24.3 Å². The molecular formula is C16H20N2O2S3. The Balaban J connectivity index is 2.13. The zero-order valence-electron chi connectivity index (χ0n) is 13.6. The molecule has 23 heavy (non-hydrogen) atoms. The summed E-state index contributed by atoms with van der Waals surface area (Å²) < 4.78 is 1.03. The molecule has 2 rings (SSSR count). The predicted molar refractivity (Wildman–Crippen MR) is 104 cm³/mol. The summed E-state index contributed by atoms with van der Waals surface area (Å²) in [5.74, 6) is -0.0497. The lowest BCUT2D eigenvalue weighted by Gasteiger charge is -2.22. The molecule has 0 unspecified atom stereocenters. The first-order valence-corrected chi connectivity index (χ1v) is 10.5. The number of carbonyl (C=O) groups excluding carboxylic acids is 2. The van der Waals surface area contributed by atoms with Crippen LogP contribution in [-0.4, -0.2) is 36.9 Å². The smallest absolute Gasteiger partial charge is 0.261 e. The van der Waals surface area contributed by atoms with Crippen LogP contribution in [0.25, 0.3) is 10.1 Å². The largest absolute Gasteiger partial charge is 0.350 e. The lowest BCUT2D eigenvalue weighted by Crippen LogP contribution is -2.35. The first-order chi connectivity index (χ1) is 10.9. The molecule has 1 aromatic heterocycles. The first-order valence-electron chi connectivity index (χ1n) is 7.08. The van der Waals surface area contributed by atoms with Gasteiger partial charge >= 0.3 is 0 Å². The minimum atomic E-state index is -0.0497. The van der Waals surface area contributed by atoms with E-state index in [4.69, 9.17) is 0 Å². The lowest BCUT2D eigenvalue weighted by atomic mass is 10.2. The number of fused-ring (bicyclic) bond motifs is 1. The fraction of sp³-hybridized carbons (Fsp3) is 0.375. The highest BCUT2D eigenvalue weighted by Crippen LogP contribution is 2.33. The van der Waals surface area contributed by atoms with Crippen LogP contribution < -0.4 is 10.2 Å². The van der Waals surface area contributed by atoms with Gasteiger partial charge in [0.15, 0.2) is 0 Å². The zero-order chi connectivity index (χ0) is 17.0. The van der Waals surface area contributed by atoms with E-state index in [9.17, 15) is 9.59 Å². The van der Waals surface area contributed by atoms with E-state index in [-0.39, 0.29) is 10.7 Å². The van der Waals surface area contributed by atoms with Gasteiger partial charge in [0, 0.05) is 28.7 Å². The summed E-state index contributed by atoms with van der Waals surface area (Å²) in [5.41, 5.74) is 0.815. The number of rotatable bonds is 7. The summed E-state index contributed by atoms with van der Waals surface area (Å²) in [6.45, 7) is 4.84. The molecule has 0 saturated heterocycles. The van der Waals surface area contributed by atoms with Crippen molar-refractivity contribution in [1.82, 2.24) is 5.32 Å². The third-order valence-corrected chi connectivity index (χ3v) is 7.00. The van der Waals surface area contributed by atoms with Crippen LogP contribution in [-0.2, 0) is 4.79 Å². The van der Waals surface area contributed by atoms with Gasteiger partial charge in [-0.1, -0.05) is 21.6 Å². The summed E-state index contributed by atoms with van der Waals surface area (Å²) in [5, 5.41) is 3.98. The Labute approximate surface area is 148 Å². The first kappa shape index (κ1) is 18.2. The minimum absolute atomic E-state index is 0.00833. The molecule has 1 heterocycles. The minimum Gasteiger partial charge on any atom is -0.350 e. The van der Waals surface area contributed by atoms with Crippen LogP contribution in [0.2, 0.25) is 0 Å². The van der Waals surface area contributed by atoms with E-state index in [1.165, 1.54) is 16.2 Å². The van der Waals surface area contributed by atoms with Crippen LogP contribution in [0, 0.1) is 0 Å². The van der Waals surface area contributed by atoms with Crippen molar-refractivity contribution in [3.8, 4) is 0 Å². The molecule has 0 bridgehead atoms. The summed E-state index contributed by atoms with van der Waals surface area (Å²) in [6.07, 6.45) is 2.81. The van der Waals surface area contributed by atoms with Crippen molar-refractivity contribution < 1.29 is 9.59 Å². The zero-order valence-corrected chi connectivity index (χ0v) is 16.0. The van der Waals surface area contributed by atoms with Crippen molar-refractivity contribution in [1.29, 1.82) is 0 Å². The van der Waals surface area contributed by atoms with Gasteiger partial charge < -0.3 is 10.2 Å². The summed E-state index contributed by atoms with van der Waals surface area (Å²) in [6, 6.07) is 7.63. The third-order valence-electron chi connectivity index (χ3n) is 3.27. The van der Waals surface area contributed by atoms with Gasteiger partial charge in [-0.25, -0.2) is 0 Å². The summed E-state index contributed by atoms with van der Waals surface area (Å²) >= 11 is 1.47. The molecule has 1 N–H and O–H groups in total. The average molecular weight is 369 g/mol. The number of thiophene rings is 1. The molecule has 1 aromatic carbocycles. The molecule has 7 heteroatoms. The number of carbonyl (C=O) groups is 2. The van der Waals surface area contributed by atoms with Gasteiger partial charge in [-0.3, -0.25) is 9.59 Å². The monoisotopic (exact) mass is 368 g/mol. The van der Waals surface area contributed by atoms with E-state index in [0.717, 1.165) is 22.2 Å². The molecule has 0 aliphatic carbocycles. The third kappa shape index (κ3) is 4.65. The molecule has 2 amide bonds. The second-order valence-electron chi connectivity index (χ2n) is 5.74. The van der Waals surface area contributed by atoms with E-state index in [2.05, 4.69) is 19.2 Å². The van der Waals surface area contributed by atoms with Crippen LogP contribution in [0.4, 0.5) is 5.69 Å². The Kier molecular flexibility index (Phi) is 6.00. The van der Waals surface area contributed by atoms with Crippen LogP contribution in [0.1, 0.15) is 23.5 Å². The van der Waals surface area contributed by atoms with Crippen molar-refractivity contribution in [3.05, 3.63) is 29.1 Å². The lowest BCUT2D eigenvalue weighted by molar-refractivity contribution is -0.107. The number of benzene rings is 1. The highest BCUT2D eigenvalue weighted by Gasteiger charge is 2.20. The maximum Gasteiger partial charge on any atom is 0.261 e. The van der Waals surface area contributed by atoms with E-state index in [1.54, 1.807) is 28.6 Å². The Morgan fingerprint density at radius 3 is 2.78 bits per heavy atom. The second kappa shape index (κ2) is 7.59. The standard InChI is InChI=1S/C16H20N2O2S3/c1-16(2,23-21-4)9-17-15(20)14-8-11-7-12(18(3)10-19)5-6-13(11)22-14/h5-8,10H,9H2,1-4H3,(H,17,20). The Hall–Kier alpha value is -1.18. The van der Waals surface area contributed by atoms with Gasteiger partial charge in [0.25, 0.3) is 5.91 Å². The quantitative estimate of drug-likeness (QED) is 0.592.